The first-order valence-corrected chi connectivity index (χ1v) is 0. The van der Waals surface area contributed by atoms with Gasteiger partial charge in [0.15, 0.2) is 0 Å². The van der Waals surface area contributed by atoms with Gasteiger partial charge in [0, 0.05) is 0 Å². The zero-order valence-electron chi connectivity index (χ0n) is 2.34. The van der Waals surface area contributed by atoms with Gasteiger partial charge < -0.3 is 37.2 Å². The zero-order chi connectivity index (χ0) is 0. The summed E-state index contributed by atoms with van der Waals surface area (Å²) in [6.45, 7) is 0. The van der Waals surface area contributed by atoms with Crippen molar-refractivity contribution in [3.05, 3.63) is 0 Å². The third-order valence-corrected chi connectivity index (χ3v) is 0. The van der Waals surface area contributed by atoms with Crippen LogP contribution in [-0.4, -0.2) is 0 Å². The molecule has 0 bridgehead atoms. The Balaban J connectivity index is 0. The average molecular weight is 174 g/mol. The molecule has 1 unspecified atom stereocenters. The van der Waals surface area contributed by atoms with Gasteiger partial charge in [-0.3, -0.25) is 0 Å². The molecule has 0 fully saturated rings. The summed E-state index contributed by atoms with van der Waals surface area (Å²) in [5.74, 6) is 0. The maximum Gasteiger partial charge on any atom is -0.153 e. The van der Waals surface area contributed by atoms with Crippen molar-refractivity contribution in [1.29, 1.82) is 0 Å². The van der Waals surface area contributed by atoms with E-state index in [1.165, 1.54) is 0 Å². The van der Waals surface area contributed by atoms with E-state index >= 15 is 0 Å². The molecule has 0 aliphatic heterocycles. The molecule has 0 aromatic heterocycles. The lowest BCUT2D eigenvalue weighted by Gasteiger charge is -1.00. The first kappa shape index (κ1) is 78.0. The Bertz CT molecular complexity index is 6.85. The molecule has 5 heavy (non-hydrogen) atoms. The molecule has 1 atom stereocenters. The quantitative estimate of drug-likeness (QED) is 0.320. The maximum atomic E-state index is 0. The zero-order valence-corrected chi connectivity index (χ0v) is 7.02. The van der Waals surface area contributed by atoms with Crippen LogP contribution in [0.1, 0.15) is 0 Å². The topological polar surface area (TPSA) is 0 Å². The molecule has 0 amide bonds. The molecule has 0 aromatic rings. The molecule has 40 valence electrons. The SMILES string of the molecule is P.S.[Cl-].[Cl-].[Cl-]. The van der Waals surface area contributed by atoms with E-state index in [9.17, 15) is 0 Å². The number of hydrogen-bond donors (Lipinski definition) is 0. The molecule has 0 saturated heterocycles. The van der Waals surface area contributed by atoms with Crippen LogP contribution >= 0.6 is 23.4 Å². The summed E-state index contributed by atoms with van der Waals surface area (Å²) < 4.78 is 0. The van der Waals surface area contributed by atoms with Gasteiger partial charge in [-0.1, -0.05) is 0 Å². The van der Waals surface area contributed by atoms with Crippen LogP contribution in [0.25, 0.3) is 0 Å². The van der Waals surface area contributed by atoms with Crippen LogP contribution in [0.3, 0.4) is 0 Å². The second-order valence-electron chi connectivity index (χ2n) is 0. The third-order valence-electron chi connectivity index (χ3n) is 0. The predicted molar refractivity (Wildman–Crippen MR) is 21.5 cm³/mol. The summed E-state index contributed by atoms with van der Waals surface area (Å²) in [5.41, 5.74) is 0. The van der Waals surface area contributed by atoms with E-state index in [1.54, 1.807) is 0 Å². The maximum absolute atomic E-state index is 0. The molecule has 0 spiro atoms. The summed E-state index contributed by atoms with van der Waals surface area (Å²) in [6.07, 6.45) is 0. The van der Waals surface area contributed by atoms with E-state index in [0.29, 0.717) is 0 Å². The van der Waals surface area contributed by atoms with Crippen LogP contribution in [0.15, 0.2) is 0 Å². The number of rotatable bonds is 0. The van der Waals surface area contributed by atoms with Gasteiger partial charge in [0.1, 0.15) is 0 Å². The summed E-state index contributed by atoms with van der Waals surface area (Å²) in [6, 6.07) is 0. The fraction of sp³-hybridized carbons (Fsp3) is 0. The van der Waals surface area contributed by atoms with Crippen LogP contribution in [0.4, 0.5) is 0 Å². The summed E-state index contributed by atoms with van der Waals surface area (Å²) in [7, 11) is 0. The molecule has 0 nitrogen and oxygen atoms in total. The van der Waals surface area contributed by atoms with Crippen LogP contribution in [0, 0.1) is 0 Å². The molecule has 0 aliphatic carbocycles. The Hall–Kier alpha value is 1.65. The molecule has 0 aromatic carbocycles. The highest BCUT2D eigenvalue weighted by atomic mass is 35.5. The normalized spacial score (nSPS) is 0. The highest BCUT2D eigenvalue weighted by Crippen LogP contribution is 0.861. The lowest BCUT2D eigenvalue weighted by Crippen LogP contribution is -3.00. The smallest absolute Gasteiger partial charge is 0.153 e. The van der Waals surface area contributed by atoms with Crippen molar-refractivity contribution < 1.29 is 37.2 Å². The largest absolute Gasteiger partial charge is 1.00 e. The van der Waals surface area contributed by atoms with Crippen molar-refractivity contribution in [3.63, 3.8) is 0 Å². The lowest BCUT2D eigenvalue weighted by molar-refractivity contribution is -0.00100. The molecule has 0 heterocycles. The Morgan fingerprint density at radius 2 is 0.600 bits per heavy atom. The molecule has 5 heteroatoms. The molecule has 0 radical (unpaired) electrons. The standard InChI is InChI=1S/3ClH.H3P.H2S/h3*1H;1H3;1H2/p-3. The van der Waals surface area contributed by atoms with Gasteiger partial charge in [-0.2, -0.15) is 23.4 Å². The van der Waals surface area contributed by atoms with E-state index < -0.39 is 0 Å². The molecule has 0 N–H and O–H groups in total. The second-order valence-corrected chi connectivity index (χ2v) is 0. The van der Waals surface area contributed by atoms with Crippen molar-refractivity contribution in [2.45, 2.75) is 0 Å². The summed E-state index contributed by atoms with van der Waals surface area (Å²) >= 11 is 0. The van der Waals surface area contributed by atoms with Crippen molar-refractivity contribution in [1.82, 2.24) is 0 Å². The molecular formula is H5Cl3PS-3. The Morgan fingerprint density at radius 1 is 0.600 bits per heavy atom. The molecule has 0 rings (SSSR count). The molecule has 0 aliphatic rings. The van der Waals surface area contributed by atoms with E-state index in [0.717, 1.165) is 0 Å². The highest BCUT2D eigenvalue weighted by Gasteiger charge is -0.153. The van der Waals surface area contributed by atoms with Crippen LogP contribution < -0.4 is 37.2 Å². The predicted octanol–water partition coefficient (Wildman–Crippen LogP) is -8.82. The first-order chi connectivity index (χ1) is 0. The minimum atomic E-state index is 0. The van der Waals surface area contributed by atoms with Gasteiger partial charge in [0.2, 0.25) is 0 Å². The minimum absolute atomic E-state index is 0. The van der Waals surface area contributed by atoms with E-state index in [-0.39, 0.29) is 60.6 Å². The Labute approximate surface area is 60.8 Å². The molecular weight excluding hydrogens is 169 g/mol. The Morgan fingerprint density at radius 3 is 0.600 bits per heavy atom. The fourth-order valence-corrected chi connectivity index (χ4v) is 0. The van der Waals surface area contributed by atoms with Crippen LogP contribution in [0.5, 0.6) is 0 Å². The number of halogens is 3. The van der Waals surface area contributed by atoms with Crippen molar-refractivity contribution >= 4 is 23.4 Å². The van der Waals surface area contributed by atoms with E-state index in [4.69, 9.17) is 0 Å². The monoisotopic (exact) mass is 173 g/mol. The van der Waals surface area contributed by atoms with Crippen molar-refractivity contribution in [2.24, 2.45) is 0 Å². The van der Waals surface area contributed by atoms with Gasteiger partial charge in [0.25, 0.3) is 0 Å². The van der Waals surface area contributed by atoms with Gasteiger partial charge in [-0.15, -0.1) is 0 Å². The second kappa shape index (κ2) is 44.9. The summed E-state index contributed by atoms with van der Waals surface area (Å²) in [5, 5.41) is 0. The average Bonchev–Trinajstić information content (AvgIpc) is 0. The first-order valence-electron chi connectivity index (χ1n) is 0. The van der Waals surface area contributed by atoms with Gasteiger partial charge >= 0.3 is 0 Å². The van der Waals surface area contributed by atoms with Crippen LogP contribution in [-0.2, 0) is 0 Å². The van der Waals surface area contributed by atoms with E-state index in [1.807, 2.05) is 0 Å². The highest BCUT2D eigenvalue weighted by molar-refractivity contribution is 7.59. The van der Waals surface area contributed by atoms with Crippen molar-refractivity contribution in [3.8, 4) is 0 Å². The van der Waals surface area contributed by atoms with Gasteiger partial charge in [-0.05, 0) is 0 Å². The summed E-state index contributed by atoms with van der Waals surface area (Å²) in [4.78, 5) is 0. The van der Waals surface area contributed by atoms with Crippen molar-refractivity contribution in [2.75, 3.05) is 0 Å². The fourth-order valence-electron chi connectivity index (χ4n) is 0. The van der Waals surface area contributed by atoms with Gasteiger partial charge in [-0.25, -0.2) is 0 Å². The van der Waals surface area contributed by atoms with Gasteiger partial charge in [0.05, 0.1) is 0 Å². The lowest BCUT2D eigenvalue weighted by atomic mass is 31.0. The number of hydrogen-bond acceptors (Lipinski definition) is 0. The Kier molecular flexibility index (Phi) is 700. The minimum Gasteiger partial charge on any atom is -1.00 e. The van der Waals surface area contributed by atoms with E-state index in [2.05, 4.69) is 0 Å². The third kappa shape index (κ3) is 27.6. The van der Waals surface area contributed by atoms with Crippen LogP contribution in [0.2, 0.25) is 0 Å². The molecule has 0 saturated carbocycles.